The minimum Gasteiger partial charge on any atom is -0.325 e. The van der Waals surface area contributed by atoms with Crippen LogP contribution in [0.15, 0.2) is 41.6 Å². The van der Waals surface area contributed by atoms with Gasteiger partial charge in [-0.15, -0.1) is 0 Å². The molecule has 1 heterocycles. The molecular formula is C21H24ClN3OS. The summed E-state index contributed by atoms with van der Waals surface area (Å²) in [4.78, 5) is 17.5. The summed E-state index contributed by atoms with van der Waals surface area (Å²) >= 11 is 7.51. The lowest BCUT2D eigenvalue weighted by atomic mass is 9.98. The molecule has 0 radical (unpaired) electrons. The Morgan fingerprint density at radius 1 is 1.22 bits per heavy atom. The molecule has 27 heavy (non-hydrogen) atoms. The number of nitrogens with zero attached hydrogens (tertiary/aromatic N) is 2. The smallest absolute Gasteiger partial charge is 0.237 e. The van der Waals surface area contributed by atoms with E-state index in [4.69, 9.17) is 11.6 Å². The van der Waals surface area contributed by atoms with E-state index >= 15 is 0 Å². The third-order valence-electron chi connectivity index (χ3n) is 4.63. The Kier molecular flexibility index (Phi) is 5.82. The molecule has 0 saturated heterocycles. The van der Waals surface area contributed by atoms with Gasteiger partial charge in [-0.25, -0.2) is 4.98 Å². The van der Waals surface area contributed by atoms with Crippen LogP contribution in [-0.2, 0) is 11.8 Å². The largest absolute Gasteiger partial charge is 0.325 e. The quantitative estimate of drug-likeness (QED) is 0.551. The van der Waals surface area contributed by atoms with Crippen molar-refractivity contribution in [2.45, 2.75) is 44.0 Å². The maximum atomic E-state index is 12.8. The van der Waals surface area contributed by atoms with Crippen molar-refractivity contribution in [3.05, 3.63) is 52.5 Å². The second kappa shape index (κ2) is 7.95. The van der Waals surface area contributed by atoms with Gasteiger partial charge in [-0.3, -0.25) is 4.79 Å². The van der Waals surface area contributed by atoms with Crippen molar-refractivity contribution < 1.29 is 4.79 Å². The lowest BCUT2D eigenvalue weighted by molar-refractivity contribution is -0.115. The standard InChI is InChI=1S/C21H24ClN3OS/c1-12(2)16-8-6-7-13(3)19(16)24-20(26)14(4)27-21-23-17-11-15(22)9-10-18(17)25(21)5/h6-12,14H,1-5H3,(H,24,26). The highest BCUT2D eigenvalue weighted by Gasteiger charge is 2.20. The average molecular weight is 402 g/mol. The first kappa shape index (κ1) is 19.8. The second-order valence-corrected chi connectivity index (χ2v) is 8.77. The lowest BCUT2D eigenvalue weighted by Gasteiger charge is -2.18. The molecule has 3 rings (SSSR count). The van der Waals surface area contributed by atoms with E-state index in [1.54, 1.807) is 0 Å². The van der Waals surface area contributed by atoms with Crippen LogP contribution < -0.4 is 5.32 Å². The average Bonchev–Trinajstić information content (AvgIpc) is 2.91. The highest BCUT2D eigenvalue weighted by molar-refractivity contribution is 8.00. The van der Waals surface area contributed by atoms with E-state index in [0.29, 0.717) is 10.9 Å². The molecule has 1 amide bonds. The molecule has 2 aromatic carbocycles. The Morgan fingerprint density at radius 3 is 2.67 bits per heavy atom. The molecule has 3 aromatic rings. The number of carbonyl (C=O) groups excluding carboxylic acids is 1. The summed E-state index contributed by atoms with van der Waals surface area (Å²) in [5.74, 6) is 0.314. The number of benzene rings is 2. The molecule has 142 valence electrons. The van der Waals surface area contributed by atoms with Crippen molar-refractivity contribution in [2.75, 3.05) is 5.32 Å². The predicted molar refractivity (Wildman–Crippen MR) is 115 cm³/mol. The second-order valence-electron chi connectivity index (χ2n) is 7.03. The van der Waals surface area contributed by atoms with E-state index in [1.807, 2.05) is 55.8 Å². The van der Waals surface area contributed by atoms with Crippen LogP contribution in [0, 0.1) is 6.92 Å². The molecule has 0 fully saturated rings. The monoisotopic (exact) mass is 401 g/mol. The van der Waals surface area contributed by atoms with Gasteiger partial charge in [0.2, 0.25) is 5.91 Å². The van der Waals surface area contributed by atoms with E-state index in [-0.39, 0.29) is 11.2 Å². The van der Waals surface area contributed by atoms with Gasteiger partial charge in [0, 0.05) is 17.8 Å². The summed E-state index contributed by atoms with van der Waals surface area (Å²) in [6, 6.07) is 11.8. The highest BCUT2D eigenvalue weighted by atomic mass is 35.5. The normalized spacial score (nSPS) is 12.6. The van der Waals surface area contributed by atoms with Crippen LogP contribution in [0.4, 0.5) is 5.69 Å². The fourth-order valence-corrected chi connectivity index (χ4v) is 4.09. The topological polar surface area (TPSA) is 46.9 Å². The SMILES string of the molecule is Cc1cccc(C(C)C)c1NC(=O)C(C)Sc1nc2cc(Cl)ccc2n1C. The summed E-state index contributed by atoms with van der Waals surface area (Å²) in [6.07, 6.45) is 0. The van der Waals surface area contributed by atoms with Crippen molar-refractivity contribution >= 4 is 46.0 Å². The van der Waals surface area contributed by atoms with Gasteiger partial charge >= 0.3 is 0 Å². The minimum atomic E-state index is -0.282. The van der Waals surface area contributed by atoms with Crippen molar-refractivity contribution in [3.8, 4) is 0 Å². The number of thioether (sulfide) groups is 1. The third-order valence-corrected chi connectivity index (χ3v) is 6.01. The van der Waals surface area contributed by atoms with Gasteiger partial charge in [0.1, 0.15) is 0 Å². The molecule has 1 atom stereocenters. The Labute approximate surface area is 169 Å². The number of imidazole rings is 1. The highest BCUT2D eigenvalue weighted by Crippen LogP contribution is 2.31. The van der Waals surface area contributed by atoms with Crippen molar-refractivity contribution in [2.24, 2.45) is 7.05 Å². The van der Waals surface area contributed by atoms with Gasteiger partial charge in [0.15, 0.2) is 5.16 Å². The molecule has 1 N–H and O–H groups in total. The summed E-state index contributed by atoms with van der Waals surface area (Å²) in [5.41, 5.74) is 4.97. The number of nitrogens with one attached hydrogen (secondary N) is 1. The van der Waals surface area contributed by atoms with Gasteiger partial charge in [0.05, 0.1) is 16.3 Å². The first-order chi connectivity index (χ1) is 12.8. The minimum absolute atomic E-state index is 0.0266. The number of carbonyl (C=O) groups is 1. The Bertz CT molecular complexity index is 997. The van der Waals surface area contributed by atoms with Crippen LogP contribution in [0.25, 0.3) is 11.0 Å². The molecule has 1 unspecified atom stereocenters. The molecule has 0 bridgehead atoms. The zero-order valence-corrected chi connectivity index (χ0v) is 17.8. The first-order valence-corrected chi connectivity index (χ1v) is 10.2. The van der Waals surface area contributed by atoms with E-state index in [1.165, 1.54) is 11.8 Å². The zero-order chi connectivity index (χ0) is 19.7. The van der Waals surface area contributed by atoms with Crippen molar-refractivity contribution in [1.29, 1.82) is 0 Å². The van der Waals surface area contributed by atoms with Gasteiger partial charge < -0.3 is 9.88 Å². The number of aromatic nitrogens is 2. The van der Waals surface area contributed by atoms with Crippen LogP contribution >= 0.6 is 23.4 Å². The van der Waals surface area contributed by atoms with Crippen molar-refractivity contribution in [3.63, 3.8) is 0 Å². The maximum absolute atomic E-state index is 12.8. The number of hydrogen-bond acceptors (Lipinski definition) is 3. The molecule has 4 nitrogen and oxygen atoms in total. The fraction of sp³-hybridized carbons (Fsp3) is 0.333. The number of para-hydroxylation sites is 1. The van der Waals surface area contributed by atoms with Crippen LogP contribution in [0.2, 0.25) is 5.02 Å². The predicted octanol–water partition coefficient (Wildman–Crippen LogP) is 5.78. The molecule has 0 aliphatic heterocycles. The van der Waals surface area contributed by atoms with Crippen LogP contribution in [0.5, 0.6) is 0 Å². The lowest BCUT2D eigenvalue weighted by Crippen LogP contribution is -2.24. The zero-order valence-electron chi connectivity index (χ0n) is 16.2. The van der Waals surface area contributed by atoms with Crippen LogP contribution in [0.1, 0.15) is 37.8 Å². The van der Waals surface area contributed by atoms with E-state index in [2.05, 4.69) is 30.2 Å². The van der Waals surface area contributed by atoms with E-state index in [0.717, 1.165) is 33.0 Å². The van der Waals surface area contributed by atoms with Crippen molar-refractivity contribution in [1.82, 2.24) is 9.55 Å². The van der Waals surface area contributed by atoms with Gasteiger partial charge in [0.25, 0.3) is 0 Å². The molecule has 1 aromatic heterocycles. The molecule has 0 aliphatic carbocycles. The molecule has 0 saturated carbocycles. The number of amides is 1. The Hall–Kier alpha value is -1.98. The van der Waals surface area contributed by atoms with E-state index in [9.17, 15) is 4.79 Å². The molecule has 0 aliphatic rings. The summed E-state index contributed by atoms with van der Waals surface area (Å²) in [7, 11) is 1.95. The number of anilines is 1. The third kappa shape index (κ3) is 4.14. The number of rotatable bonds is 5. The Balaban J connectivity index is 1.80. The van der Waals surface area contributed by atoms with Crippen LogP contribution in [-0.4, -0.2) is 20.7 Å². The number of aryl methyl sites for hydroxylation is 2. The van der Waals surface area contributed by atoms with Gasteiger partial charge in [-0.2, -0.15) is 0 Å². The number of fused-ring (bicyclic) bond motifs is 1. The maximum Gasteiger partial charge on any atom is 0.237 e. The molecule has 6 heteroatoms. The number of hydrogen-bond donors (Lipinski definition) is 1. The number of halogens is 1. The molecule has 0 spiro atoms. The van der Waals surface area contributed by atoms with Gasteiger partial charge in [-0.1, -0.05) is 55.4 Å². The molecular weight excluding hydrogens is 378 g/mol. The Morgan fingerprint density at radius 2 is 1.96 bits per heavy atom. The first-order valence-electron chi connectivity index (χ1n) is 8.97. The fourth-order valence-electron chi connectivity index (χ4n) is 3.04. The summed E-state index contributed by atoms with van der Waals surface area (Å²) in [6.45, 7) is 8.19. The van der Waals surface area contributed by atoms with E-state index < -0.39 is 0 Å². The summed E-state index contributed by atoms with van der Waals surface area (Å²) < 4.78 is 1.99. The summed E-state index contributed by atoms with van der Waals surface area (Å²) in [5, 5.41) is 4.29. The van der Waals surface area contributed by atoms with Gasteiger partial charge in [-0.05, 0) is 49.1 Å². The van der Waals surface area contributed by atoms with Crippen LogP contribution in [0.3, 0.4) is 0 Å².